The molecule has 100 valence electrons. The van der Waals surface area contributed by atoms with Crippen LogP contribution in [0.1, 0.15) is 5.56 Å². The Hall–Kier alpha value is -1.76. The fourth-order valence-electron chi connectivity index (χ4n) is 1.19. The number of benzene rings is 1. The molecule has 7 heteroatoms. The predicted molar refractivity (Wildman–Crippen MR) is 56.9 cm³/mol. The summed E-state index contributed by atoms with van der Waals surface area (Å²) < 4.78 is 35.8. The molecule has 3 N–H and O–H groups in total. The lowest BCUT2D eigenvalue weighted by Gasteiger charge is -2.14. The van der Waals surface area contributed by atoms with Gasteiger partial charge in [-0.15, -0.1) is 0 Å². The Morgan fingerprint density at radius 3 is 2.33 bits per heavy atom. The average Bonchev–Trinajstić information content (AvgIpc) is 2.28. The summed E-state index contributed by atoms with van der Waals surface area (Å²) in [6.07, 6.45) is -7.43. The average molecular weight is 263 g/mol. The molecule has 0 saturated carbocycles. The third-order valence-electron chi connectivity index (χ3n) is 2.17. The van der Waals surface area contributed by atoms with Crippen LogP contribution in [0.25, 0.3) is 0 Å². The normalized spacial score (nSPS) is 13.1. The number of amides is 1. The summed E-state index contributed by atoms with van der Waals surface area (Å²) in [6, 6.07) is 5.70. The molecule has 0 aliphatic rings. The Bertz CT molecular complexity index is 403. The number of hydrogen-bond donors (Lipinski definition) is 3. The number of phenolic OH excluding ortho intramolecular Hbond substituents is 1. The van der Waals surface area contributed by atoms with Crippen LogP contribution in [-0.2, 0) is 11.2 Å². The van der Waals surface area contributed by atoms with E-state index in [1.807, 2.05) is 5.32 Å². The highest BCUT2D eigenvalue weighted by molar-refractivity contribution is 5.78. The molecular weight excluding hydrogens is 251 g/mol. The van der Waals surface area contributed by atoms with Crippen molar-refractivity contribution in [2.75, 3.05) is 6.54 Å². The molecule has 0 aliphatic heterocycles. The van der Waals surface area contributed by atoms with Gasteiger partial charge in [0, 0.05) is 0 Å². The minimum Gasteiger partial charge on any atom is -0.508 e. The summed E-state index contributed by atoms with van der Waals surface area (Å²) in [5, 5.41) is 19.6. The minimum atomic E-state index is -4.74. The summed E-state index contributed by atoms with van der Waals surface area (Å²) in [7, 11) is 0. The number of halogens is 3. The third kappa shape index (κ3) is 4.62. The number of alkyl halides is 3. The van der Waals surface area contributed by atoms with Crippen LogP contribution >= 0.6 is 0 Å². The van der Waals surface area contributed by atoms with E-state index >= 15 is 0 Å². The van der Waals surface area contributed by atoms with Crippen LogP contribution in [0.3, 0.4) is 0 Å². The van der Waals surface area contributed by atoms with Crippen LogP contribution < -0.4 is 5.32 Å². The molecule has 0 fully saturated rings. The van der Waals surface area contributed by atoms with E-state index in [1.54, 1.807) is 0 Å². The molecule has 1 aromatic carbocycles. The van der Waals surface area contributed by atoms with E-state index in [1.165, 1.54) is 24.3 Å². The number of carbonyl (C=O) groups excluding carboxylic acids is 1. The lowest BCUT2D eigenvalue weighted by Crippen LogP contribution is -2.41. The monoisotopic (exact) mass is 263 g/mol. The van der Waals surface area contributed by atoms with Gasteiger partial charge >= 0.3 is 6.18 Å². The number of aromatic hydroxyl groups is 1. The van der Waals surface area contributed by atoms with Crippen LogP contribution in [0, 0.1) is 0 Å². The first kappa shape index (κ1) is 14.3. The first-order valence-corrected chi connectivity index (χ1v) is 5.08. The van der Waals surface area contributed by atoms with Gasteiger partial charge in [0.25, 0.3) is 0 Å². The predicted octanol–water partition coefficient (Wildman–Crippen LogP) is 0.974. The van der Waals surface area contributed by atoms with Crippen LogP contribution in [0.5, 0.6) is 5.75 Å². The summed E-state index contributed by atoms with van der Waals surface area (Å²) in [6.45, 7) is -0.875. The van der Waals surface area contributed by atoms with Gasteiger partial charge in [-0.05, 0) is 17.7 Å². The van der Waals surface area contributed by atoms with Crippen molar-refractivity contribution in [2.24, 2.45) is 0 Å². The minimum absolute atomic E-state index is 0.0339. The van der Waals surface area contributed by atoms with Crippen LogP contribution in [-0.4, -0.2) is 34.9 Å². The molecule has 0 bridgehead atoms. The molecule has 0 saturated heterocycles. The van der Waals surface area contributed by atoms with Gasteiger partial charge in [0.15, 0.2) is 6.10 Å². The van der Waals surface area contributed by atoms with E-state index in [9.17, 15) is 18.0 Å². The second kappa shape index (κ2) is 5.72. The van der Waals surface area contributed by atoms with Crippen molar-refractivity contribution in [3.63, 3.8) is 0 Å². The number of hydrogen-bond acceptors (Lipinski definition) is 3. The summed E-state index contributed by atoms with van der Waals surface area (Å²) in [5.74, 6) is -0.601. The van der Waals surface area contributed by atoms with E-state index in [0.717, 1.165) is 0 Å². The fourth-order valence-corrected chi connectivity index (χ4v) is 1.19. The van der Waals surface area contributed by atoms with Crippen molar-refractivity contribution < 1.29 is 28.2 Å². The van der Waals surface area contributed by atoms with Crippen molar-refractivity contribution in [1.82, 2.24) is 5.32 Å². The Kier molecular flexibility index (Phi) is 4.55. The SMILES string of the molecule is O=C(Cc1ccc(O)cc1)NCC(O)C(F)(F)F. The number of rotatable bonds is 4. The van der Waals surface area contributed by atoms with E-state index in [4.69, 9.17) is 10.2 Å². The first-order valence-electron chi connectivity index (χ1n) is 5.08. The Labute approximate surface area is 101 Å². The number of nitrogens with one attached hydrogen (secondary N) is 1. The van der Waals surface area contributed by atoms with Crippen molar-refractivity contribution in [3.8, 4) is 5.75 Å². The van der Waals surface area contributed by atoms with Crippen LogP contribution in [0.2, 0.25) is 0 Å². The maximum absolute atomic E-state index is 11.9. The van der Waals surface area contributed by atoms with E-state index in [0.29, 0.717) is 5.56 Å². The van der Waals surface area contributed by atoms with Gasteiger partial charge in [-0.3, -0.25) is 4.79 Å². The molecular formula is C11H12F3NO3. The molecule has 1 atom stereocenters. The molecule has 0 spiro atoms. The maximum atomic E-state index is 11.9. The number of carbonyl (C=O) groups is 1. The second-order valence-electron chi connectivity index (χ2n) is 3.70. The highest BCUT2D eigenvalue weighted by atomic mass is 19.4. The van der Waals surface area contributed by atoms with Gasteiger partial charge in [-0.2, -0.15) is 13.2 Å². The number of aliphatic hydroxyl groups excluding tert-OH is 1. The molecule has 4 nitrogen and oxygen atoms in total. The van der Waals surface area contributed by atoms with Crippen molar-refractivity contribution in [3.05, 3.63) is 29.8 Å². The third-order valence-corrected chi connectivity index (χ3v) is 2.17. The highest BCUT2D eigenvalue weighted by Gasteiger charge is 2.38. The summed E-state index contributed by atoms with van der Waals surface area (Å²) >= 11 is 0. The molecule has 0 aliphatic carbocycles. The van der Waals surface area contributed by atoms with Crippen LogP contribution in [0.15, 0.2) is 24.3 Å². The molecule has 1 aromatic rings. The zero-order valence-corrected chi connectivity index (χ0v) is 9.24. The molecule has 0 heterocycles. The number of aliphatic hydroxyl groups is 1. The van der Waals surface area contributed by atoms with E-state index in [2.05, 4.69) is 0 Å². The number of phenols is 1. The fraction of sp³-hybridized carbons (Fsp3) is 0.364. The molecule has 0 aromatic heterocycles. The molecule has 1 rings (SSSR count). The van der Waals surface area contributed by atoms with Crippen molar-refractivity contribution >= 4 is 5.91 Å². The summed E-state index contributed by atoms with van der Waals surface area (Å²) in [4.78, 5) is 11.3. The topological polar surface area (TPSA) is 69.6 Å². The van der Waals surface area contributed by atoms with Gasteiger partial charge < -0.3 is 15.5 Å². The Morgan fingerprint density at radius 2 is 1.83 bits per heavy atom. The van der Waals surface area contributed by atoms with Gasteiger partial charge in [-0.25, -0.2) is 0 Å². The largest absolute Gasteiger partial charge is 0.508 e. The molecule has 0 radical (unpaired) electrons. The van der Waals surface area contributed by atoms with E-state index < -0.39 is 24.7 Å². The standard InChI is InChI=1S/C11H12F3NO3/c12-11(13,14)9(17)6-15-10(18)5-7-1-3-8(16)4-2-7/h1-4,9,16-17H,5-6H2,(H,15,18). The highest BCUT2D eigenvalue weighted by Crippen LogP contribution is 2.19. The lowest BCUT2D eigenvalue weighted by atomic mass is 10.1. The zero-order chi connectivity index (χ0) is 13.8. The summed E-state index contributed by atoms with van der Waals surface area (Å²) in [5.41, 5.74) is 0.548. The Morgan fingerprint density at radius 1 is 1.28 bits per heavy atom. The van der Waals surface area contributed by atoms with Crippen molar-refractivity contribution in [2.45, 2.75) is 18.7 Å². The van der Waals surface area contributed by atoms with Crippen LogP contribution in [0.4, 0.5) is 13.2 Å². The maximum Gasteiger partial charge on any atom is 0.416 e. The Balaban J connectivity index is 2.41. The van der Waals surface area contributed by atoms with Gasteiger partial charge in [0.05, 0.1) is 13.0 Å². The molecule has 18 heavy (non-hydrogen) atoms. The zero-order valence-electron chi connectivity index (χ0n) is 9.24. The van der Waals surface area contributed by atoms with Crippen molar-refractivity contribution in [1.29, 1.82) is 0 Å². The smallest absolute Gasteiger partial charge is 0.416 e. The van der Waals surface area contributed by atoms with Gasteiger partial charge in [0.2, 0.25) is 5.91 Å². The van der Waals surface area contributed by atoms with E-state index in [-0.39, 0.29) is 12.2 Å². The lowest BCUT2D eigenvalue weighted by molar-refractivity contribution is -0.201. The first-order chi connectivity index (χ1) is 8.29. The van der Waals surface area contributed by atoms with Gasteiger partial charge in [-0.1, -0.05) is 12.1 Å². The molecule has 1 amide bonds. The molecule has 1 unspecified atom stereocenters. The second-order valence-corrected chi connectivity index (χ2v) is 3.70. The quantitative estimate of drug-likeness (QED) is 0.758. The van der Waals surface area contributed by atoms with Gasteiger partial charge in [0.1, 0.15) is 5.75 Å².